The van der Waals surface area contributed by atoms with E-state index in [1.807, 2.05) is 6.08 Å². The number of fused-ring (bicyclic) bond motifs is 1. The number of benzene rings is 4. The first-order valence-corrected chi connectivity index (χ1v) is 15.9. The molecule has 7 nitrogen and oxygen atoms in total. The summed E-state index contributed by atoms with van der Waals surface area (Å²) in [5.41, 5.74) is 2.77. The Bertz CT molecular complexity index is 1810. The molecule has 49 heavy (non-hydrogen) atoms. The lowest BCUT2D eigenvalue weighted by molar-refractivity contribution is -0.121. The molecule has 0 fully saturated rings. The molecule has 7 heteroatoms. The average Bonchev–Trinajstić information content (AvgIpc) is 3.07. The number of methoxy groups -OCH3 is 2. The van der Waals surface area contributed by atoms with Crippen molar-refractivity contribution in [2.24, 2.45) is 5.41 Å². The molecule has 0 aliphatic rings. The van der Waals surface area contributed by atoms with Gasteiger partial charge in [0, 0.05) is 18.5 Å². The van der Waals surface area contributed by atoms with Crippen molar-refractivity contribution in [1.82, 2.24) is 4.90 Å². The molecule has 0 amide bonds. The molecule has 4 rings (SSSR count). The van der Waals surface area contributed by atoms with Crippen LogP contribution in [-0.2, 0) is 16.1 Å². The normalized spacial score (nSPS) is 11.4. The first-order valence-electron chi connectivity index (χ1n) is 15.9. The van der Waals surface area contributed by atoms with Crippen molar-refractivity contribution in [3.63, 3.8) is 0 Å². The number of nitrogens with zero attached hydrogens (tertiary/aromatic N) is 1. The summed E-state index contributed by atoms with van der Waals surface area (Å²) in [7, 11) is 5.01. The number of likely N-dealkylation sites (N-methyl/N-ethyl adjacent to an activating group) is 1. The zero-order chi connectivity index (χ0) is 35.8. The first-order chi connectivity index (χ1) is 23.4. The summed E-state index contributed by atoms with van der Waals surface area (Å²) in [5.74, 6) is 6.25. The molecule has 2 N–H and O–H groups in total. The lowest BCUT2D eigenvalue weighted by Gasteiger charge is -2.15. The van der Waals surface area contributed by atoms with Crippen LogP contribution in [0.5, 0.6) is 23.0 Å². The second-order valence-corrected chi connectivity index (χ2v) is 12.4. The minimum absolute atomic E-state index is 0.00662. The van der Waals surface area contributed by atoms with Gasteiger partial charge in [-0.3, -0.25) is 14.5 Å². The number of carbonyl (C=O) groups excluding carboxylic acids is 2. The van der Waals surface area contributed by atoms with E-state index in [4.69, 9.17) is 9.47 Å². The Morgan fingerprint density at radius 3 is 1.90 bits per heavy atom. The molecule has 0 spiro atoms. The van der Waals surface area contributed by atoms with Crippen LogP contribution in [0.3, 0.4) is 0 Å². The quantitative estimate of drug-likeness (QED) is 0.0898. The number of ether oxygens (including phenoxy) is 2. The van der Waals surface area contributed by atoms with Crippen molar-refractivity contribution in [2.75, 3.05) is 27.8 Å². The summed E-state index contributed by atoms with van der Waals surface area (Å²) in [6.45, 7) is 8.22. The van der Waals surface area contributed by atoms with Crippen LogP contribution < -0.4 is 9.47 Å². The Balaban J connectivity index is 0.000000271. The smallest absolute Gasteiger partial charge is 0.163 e. The highest BCUT2D eigenvalue weighted by Gasteiger charge is 2.07. The summed E-state index contributed by atoms with van der Waals surface area (Å²) in [6.07, 6.45) is 9.53. The lowest BCUT2D eigenvalue weighted by Crippen LogP contribution is -2.17. The minimum Gasteiger partial charge on any atom is -0.504 e. The number of hydrogen-bond acceptors (Lipinski definition) is 7. The molecular formula is C42H45NO6. The van der Waals surface area contributed by atoms with E-state index in [2.05, 4.69) is 93.1 Å². The Hall–Kier alpha value is -5.58. The molecule has 0 saturated carbocycles. The summed E-state index contributed by atoms with van der Waals surface area (Å²) >= 11 is 0. The topological polar surface area (TPSA) is 96.3 Å². The minimum atomic E-state index is -0.347. The fourth-order valence-electron chi connectivity index (χ4n) is 4.60. The maximum atomic E-state index is 11.9. The van der Waals surface area contributed by atoms with E-state index in [0.29, 0.717) is 22.6 Å². The number of phenols is 2. The highest BCUT2D eigenvalue weighted by Crippen LogP contribution is 2.28. The van der Waals surface area contributed by atoms with Crippen LogP contribution >= 0.6 is 0 Å². The van der Waals surface area contributed by atoms with Gasteiger partial charge in [-0.2, -0.15) is 0 Å². The van der Waals surface area contributed by atoms with Gasteiger partial charge >= 0.3 is 0 Å². The van der Waals surface area contributed by atoms with E-state index in [1.165, 1.54) is 54.8 Å². The highest BCUT2D eigenvalue weighted by atomic mass is 16.5. The summed E-state index contributed by atoms with van der Waals surface area (Å²) in [4.78, 5) is 26.2. The van der Waals surface area contributed by atoms with Gasteiger partial charge < -0.3 is 19.7 Å². The van der Waals surface area contributed by atoms with E-state index in [1.54, 1.807) is 36.4 Å². The van der Waals surface area contributed by atoms with E-state index < -0.39 is 0 Å². The predicted octanol–water partition coefficient (Wildman–Crippen LogP) is 8.25. The number of ketones is 2. The molecule has 0 unspecified atom stereocenters. The van der Waals surface area contributed by atoms with Gasteiger partial charge in [-0.15, -0.1) is 0 Å². The van der Waals surface area contributed by atoms with Gasteiger partial charge in [0.05, 0.1) is 20.6 Å². The van der Waals surface area contributed by atoms with Crippen LogP contribution in [0.4, 0.5) is 0 Å². The van der Waals surface area contributed by atoms with Crippen LogP contribution in [0.25, 0.3) is 22.9 Å². The number of carbonyl (C=O) groups is 2. The Kier molecular flexibility index (Phi) is 14.4. The first kappa shape index (κ1) is 37.9. The molecule has 0 bridgehead atoms. The SMILES string of the molecule is CN(C/C=C/C#CC(C)(C)C)Cc1cccc2ccccc12.COc1cc(/C=C/C(=O)CC(=O)/C=C/c2ccc(O)c(OC)c2)ccc1O. The fraction of sp³-hybridized carbons (Fsp3) is 0.238. The van der Waals surface area contributed by atoms with Crippen LogP contribution in [0, 0.1) is 17.3 Å². The third-order valence-corrected chi connectivity index (χ3v) is 7.07. The van der Waals surface area contributed by atoms with Crippen molar-refractivity contribution >= 4 is 34.5 Å². The van der Waals surface area contributed by atoms with Crippen LogP contribution in [0.15, 0.2) is 103 Å². The number of allylic oxidation sites excluding steroid dienone is 3. The molecule has 0 aliphatic heterocycles. The largest absolute Gasteiger partial charge is 0.504 e. The summed E-state index contributed by atoms with van der Waals surface area (Å²) < 4.78 is 10.00. The fourth-order valence-corrected chi connectivity index (χ4v) is 4.60. The number of hydrogen-bond donors (Lipinski definition) is 2. The molecule has 0 radical (unpaired) electrons. The standard InChI is InChI=1S/C21H25N.C21H20O6/c1-21(2,3)15-8-5-9-16-22(4)17-19-13-10-12-18-11-6-7-14-20(18)19;1-26-20-11-14(5-9-18(20)24)3-7-16(22)13-17(23)8-4-15-6-10-19(25)21(12-15)27-2/h5-7,9-14H,16-17H2,1-4H3;3-12,24-25H,13H2,1-2H3/b9-5+;7-3+,8-4+. The van der Waals surface area contributed by atoms with Gasteiger partial charge in [-0.25, -0.2) is 0 Å². The van der Waals surface area contributed by atoms with Gasteiger partial charge in [0.15, 0.2) is 34.6 Å². The van der Waals surface area contributed by atoms with Crippen molar-refractivity contribution in [3.05, 3.63) is 120 Å². The van der Waals surface area contributed by atoms with E-state index in [0.717, 1.165) is 13.1 Å². The van der Waals surface area contributed by atoms with Crippen LogP contribution in [0.1, 0.15) is 43.9 Å². The number of aromatic hydroxyl groups is 2. The monoisotopic (exact) mass is 659 g/mol. The van der Waals surface area contributed by atoms with E-state index >= 15 is 0 Å². The molecule has 0 atom stereocenters. The third-order valence-electron chi connectivity index (χ3n) is 7.07. The summed E-state index contributed by atoms with van der Waals surface area (Å²) in [6, 6.07) is 24.4. The zero-order valence-corrected chi connectivity index (χ0v) is 29.1. The molecule has 0 aliphatic carbocycles. The van der Waals surface area contributed by atoms with Gasteiger partial charge in [-0.05, 0) is 97.8 Å². The molecule has 0 heterocycles. The van der Waals surface area contributed by atoms with Crippen molar-refractivity contribution in [1.29, 1.82) is 0 Å². The van der Waals surface area contributed by atoms with Gasteiger partial charge in [0.25, 0.3) is 0 Å². The number of phenolic OH excluding ortho intramolecular Hbond substituents is 2. The maximum Gasteiger partial charge on any atom is 0.163 e. The van der Waals surface area contributed by atoms with Crippen molar-refractivity contribution < 1.29 is 29.3 Å². The average molecular weight is 660 g/mol. The molecule has 254 valence electrons. The Morgan fingerprint density at radius 2 is 1.35 bits per heavy atom. The predicted molar refractivity (Wildman–Crippen MR) is 199 cm³/mol. The Morgan fingerprint density at radius 1 is 0.796 bits per heavy atom. The van der Waals surface area contributed by atoms with E-state index in [-0.39, 0.29) is 34.9 Å². The van der Waals surface area contributed by atoms with Crippen molar-refractivity contribution in [3.8, 4) is 34.8 Å². The number of rotatable bonds is 12. The van der Waals surface area contributed by atoms with Crippen LogP contribution in [-0.4, -0.2) is 54.5 Å². The highest BCUT2D eigenvalue weighted by molar-refractivity contribution is 6.10. The zero-order valence-electron chi connectivity index (χ0n) is 29.1. The van der Waals surface area contributed by atoms with Gasteiger partial charge in [-0.1, -0.05) is 84.7 Å². The molecule has 4 aromatic rings. The Labute approximate surface area is 289 Å². The summed E-state index contributed by atoms with van der Waals surface area (Å²) in [5, 5.41) is 21.7. The van der Waals surface area contributed by atoms with Crippen molar-refractivity contribution in [2.45, 2.75) is 33.7 Å². The van der Waals surface area contributed by atoms with Crippen LogP contribution in [0.2, 0.25) is 0 Å². The van der Waals surface area contributed by atoms with Gasteiger partial charge in [0.1, 0.15) is 0 Å². The van der Waals surface area contributed by atoms with Gasteiger partial charge in [0.2, 0.25) is 0 Å². The molecule has 0 aromatic heterocycles. The third kappa shape index (κ3) is 13.2. The molecular weight excluding hydrogens is 614 g/mol. The molecule has 4 aromatic carbocycles. The van der Waals surface area contributed by atoms with E-state index in [9.17, 15) is 19.8 Å². The lowest BCUT2D eigenvalue weighted by atomic mass is 9.98. The second kappa shape index (κ2) is 18.7. The maximum absolute atomic E-state index is 11.9. The molecule has 0 saturated heterocycles. The second-order valence-electron chi connectivity index (χ2n) is 12.4.